The summed E-state index contributed by atoms with van der Waals surface area (Å²) < 4.78 is 10.5. The number of hydrogen-bond acceptors (Lipinski definition) is 6. The Kier molecular flexibility index (Phi) is 8.06. The van der Waals surface area contributed by atoms with Gasteiger partial charge < -0.3 is 19.3 Å². The van der Waals surface area contributed by atoms with Gasteiger partial charge in [0.1, 0.15) is 12.3 Å². The van der Waals surface area contributed by atoms with Gasteiger partial charge in [-0.3, -0.25) is 14.5 Å². The average Bonchev–Trinajstić information content (AvgIpc) is 2.67. The van der Waals surface area contributed by atoms with E-state index in [1.54, 1.807) is 6.92 Å². The predicted octanol–water partition coefficient (Wildman–Crippen LogP) is 1.01. The second-order valence-corrected chi connectivity index (χ2v) is 7.05. The molecule has 1 amide bonds. The van der Waals surface area contributed by atoms with Crippen molar-refractivity contribution in [1.82, 2.24) is 14.7 Å². The SMILES string of the molecule is COC(=O)CN(CCN1CCN(C)CC1)C(=O)C(C)Oc1ccc(C)cc1. The molecule has 0 aromatic heterocycles. The minimum atomic E-state index is -0.676. The standard InChI is InChI=1S/C20H31N3O4/c1-16-5-7-18(8-6-16)27-17(2)20(25)23(15-19(24)26-4)14-13-22-11-9-21(3)10-12-22/h5-8,17H,9-15H2,1-4H3. The van der Waals surface area contributed by atoms with E-state index < -0.39 is 12.1 Å². The molecule has 1 aromatic rings. The molecule has 1 aliphatic heterocycles. The molecule has 0 radical (unpaired) electrons. The van der Waals surface area contributed by atoms with Crippen LogP contribution in [0.4, 0.5) is 0 Å². The summed E-state index contributed by atoms with van der Waals surface area (Å²) in [6.07, 6.45) is -0.676. The van der Waals surface area contributed by atoms with Crippen LogP contribution < -0.4 is 4.74 Å². The lowest BCUT2D eigenvalue weighted by atomic mass is 10.2. The van der Waals surface area contributed by atoms with Crippen molar-refractivity contribution < 1.29 is 19.1 Å². The largest absolute Gasteiger partial charge is 0.481 e. The Bertz CT molecular complexity index is 612. The third kappa shape index (κ3) is 6.84. The lowest BCUT2D eigenvalue weighted by Crippen LogP contribution is -2.50. The molecule has 1 aromatic carbocycles. The molecule has 1 heterocycles. The van der Waals surface area contributed by atoms with Crippen LogP contribution in [0.5, 0.6) is 5.75 Å². The highest BCUT2D eigenvalue weighted by molar-refractivity contribution is 5.85. The minimum Gasteiger partial charge on any atom is -0.481 e. The number of amides is 1. The summed E-state index contributed by atoms with van der Waals surface area (Å²) in [5.41, 5.74) is 1.13. The molecule has 2 rings (SSSR count). The van der Waals surface area contributed by atoms with Crippen molar-refractivity contribution in [2.45, 2.75) is 20.0 Å². The summed E-state index contributed by atoms with van der Waals surface area (Å²) >= 11 is 0. The van der Waals surface area contributed by atoms with Gasteiger partial charge in [-0.05, 0) is 33.0 Å². The highest BCUT2D eigenvalue weighted by Gasteiger charge is 2.25. The number of likely N-dealkylation sites (N-methyl/N-ethyl adjacent to an activating group) is 1. The van der Waals surface area contributed by atoms with Crippen molar-refractivity contribution in [3.8, 4) is 5.75 Å². The maximum absolute atomic E-state index is 12.9. The van der Waals surface area contributed by atoms with Gasteiger partial charge >= 0.3 is 5.97 Å². The first-order valence-corrected chi connectivity index (χ1v) is 9.39. The minimum absolute atomic E-state index is 0.0648. The second kappa shape index (κ2) is 10.3. The zero-order valence-electron chi connectivity index (χ0n) is 16.8. The Morgan fingerprint density at radius 3 is 2.37 bits per heavy atom. The number of esters is 1. The molecule has 0 aliphatic carbocycles. The zero-order chi connectivity index (χ0) is 19.8. The first kappa shape index (κ1) is 21.2. The van der Waals surface area contributed by atoms with E-state index in [0.717, 1.165) is 38.3 Å². The number of ether oxygens (including phenoxy) is 2. The molecule has 0 spiro atoms. The Balaban J connectivity index is 1.94. The Hall–Kier alpha value is -2.12. The number of carbonyl (C=O) groups excluding carboxylic acids is 2. The highest BCUT2D eigenvalue weighted by atomic mass is 16.5. The quantitative estimate of drug-likeness (QED) is 0.630. The van der Waals surface area contributed by atoms with Gasteiger partial charge in [-0.1, -0.05) is 17.7 Å². The molecule has 7 heteroatoms. The second-order valence-electron chi connectivity index (χ2n) is 7.05. The average molecular weight is 377 g/mol. The van der Waals surface area contributed by atoms with Crippen molar-refractivity contribution in [2.75, 3.05) is 60.0 Å². The third-order valence-electron chi connectivity index (χ3n) is 4.82. The molecule has 150 valence electrons. The first-order valence-electron chi connectivity index (χ1n) is 9.39. The lowest BCUT2D eigenvalue weighted by molar-refractivity contribution is -0.149. The van der Waals surface area contributed by atoms with E-state index in [0.29, 0.717) is 12.3 Å². The number of methoxy groups -OCH3 is 1. The van der Waals surface area contributed by atoms with E-state index in [1.807, 2.05) is 31.2 Å². The van der Waals surface area contributed by atoms with E-state index in [9.17, 15) is 9.59 Å². The Labute approximate surface area is 161 Å². The van der Waals surface area contributed by atoms with E-state index in [1.165, 1.54) is 12.0 Å². The maximum atomic E-state index is 12.9. The molecule has 1 fully saturated rings. The van der Waals surface area contributed by atoms with Crippen molar-refractivity contribution in [1.29, 1.82) is 0 Å². The zero-order valence-corrected chi connectivity index (χ0v) is 16.8. The summed E-state index contributed by atoms with van der Waals surface area (Å²) in [5.74, 6) is -0.00194. The van der Waals surface area contributed by atoms with Crippen molar-refractivity contribution in [3.63, 3.8) is 0 Å². The van der Waals surface area contributed by atoms with Crippen LogP contribution in [0.1, 0.15) is 12.5 Å². The fraction of sp³-hybridized carbons (Fsp3) is 0.600. The van der Waals surface area contributed by atoms with Gasteiger partial charge in [0.05, 0.1) is 7.11 Å². The van der Waals surface area contributed by atoms with Crippen LogP contribution in [0.25, 0.3) is 0 Å². The van der Waals surface area contributed by atoms with Crippen LogP contribution >= 0.6 is 0 Å². The summed E-state index contributed by atoms with van der Waals surface area (Å²) in [6.45, 7) is 8.79. The van der Waals surface area contributed by atoms with Crippen molar-refractivity contribution in [2.24, 2.45) is 0 Å². The van der Waals surface area contributed by atoms with Crippen LogP contribution in [0.15, 0.2) is 24.3 Å². The molecule has 0 bridgehead atoms. The van der Waals surface area contributed by atoms with Gasteiger partial charge in [-0.15, -0.1) is 0 Å². The number of benzene rings is 1. The summed E-state index contributed by atoms with van der Waals surface area (Å²) in [5, 5.41) is 0. The number of hydrogen-bond donors (Lipinski definition) is 0. The van der Waals surface area contributed by atoms with Gasteiger partial charge in [-0.25, -0.2) is 0 Å². The van der Waals surface area contributed by atoms with Gasteiger partial charge in [0, 0.05) is 39.3 Å². The topological polar surface area (TPSA) is 62.3 Å². The van der Waals surface area contributed by atoms with Gasteiger partial charge in [0.25, 0.3) is 5.91 Å². The number of rotatable bonds is 8. The first-order chi connectivity index (χ1) is 12.9. The molecular weight excluding hydrogens is 346 g/mol. The Morgan fingerprint density at radius 1 is 1.15 bits per heavy atom. The number of nitrogens with zero attached hydrogens (tertiary/aromatic N) is 3. The third-order valence-corrected chi connectivity index (χ3v) is 4.82. The van der Waals surface area contributed by atoms with Crippen LogP contribution in [-0.4, -0.2) is 92.7 Å². The number of carbonyl (C=O) groups is 2. The number of piperazine rings is 1. The molecule has 1 aliphatic rings. The monoisotopic (exact) mass is 377 g/mol. The summed E-state index contributed by atoms with van der Waals surface area (Å²) in [6, 6.07) is 7.56. The van der Waals surface area contributed by atoms with E-state index in [4.69, 9.17) is 9.47 Å². The van der Waals surface area contributed by atoms with Gasteiger partial charge in [-0.2, -0.15) is 0 Å². The smallest absolute Gasteiger partial charge is 0.325 e. The molecule has 0 N–H and O–H groups in total. The highest BCUT2D eigenvalue weighted by Crippen LogP contribution is 2.14. The summed E-state index contributed by atoms with van der Waals surface area (Å²) in [7, 11) is 3.44. The molecule has 27 heavy (non-hydrogen) atoms. The molecule has 1 saturated heterocycles. The molecular formula is C20H31N3O4. The van der Waals surface area contributed by atoms with Gasteiger partial charge in [0.15, 0.2) is 6.10 Å². The van der Waals surface area contributed by atoms with Crippen molar-refractivity contribution in [3.05, 3.63) is 29.8 Å². The van der Waals surface area contributed by atoms with E-state index in [2.05, 4.69) is 16.8 Å². The lowest BCUT2D eigenvalue weighted by Gasteiger charge is -2.34. The van der Waals surface area contributed by atoms with Crippen LogP contribution in [0.3, 0.4) is 0 Å². The normalized spacial score (nSPS) is 16.6. The molecule has 7 nitrogen and oxygen atoms in total. The van der Waals surface area contributed by atoms with E-state index in [-0.39, 0.29) is 12.5 Å². The molecule has 1 unspecified atom stereocenters. The number of aryl methyl sites for hydroxylation is 1. The Morgan fingerprint density at radius 2 is 1.78 bits per heavy atom. The van der Waals surface area contributed by atoms with Crippen molar-refractivity contribution >= 4 is 11.9 Å². The fourth-order valence-corrected chi connectivity index (χ4v) is 2.95. The van der Waals surface area contributed by atoms with Gasteiger partial charge in [0.2, 0.25) is 0 Å². The molecule has 0 saturated carbocycles. The van der Waals surface area contributed by atoms with Crippen LogP contribution in [0, 0.1) is 6.92 Å². The fourth-order valence-electron chi connectivity index (χ4n) is 2.95. The van der Waals surface area contributed by atoms with Crippen LogP contribution in [0.2, 0.25) is 0 Å². The van der Waals surface area contributed by atoms with E-state index >= 15 is 0 Å². The predicted molar refractivity (Wildman–Crippen MR) is 104 cm³/mol. The maximum Gasteiger partial charge on any atom is 0.325 e. The summed E-state index contributed by atoms with van der Waals surface area (Å²) in [4.78, 5) is 30.7. The molecule has 1 atom stereocenters. The van der Waals surface area contributed by atoms with Crippen LogP contribution in [-0.2, 0) is 14.3 Å².